The first-order chi connectivity index (χ1) is 8.65. The van der Waals surface area contributed by atoms with Crippen molar-refractivity contribution in [3.05, 3.63) is 0 Å². The van der Waals surface area contributed by atoms with Gasteiger partial charge in [-0.05, 0) is 25.7 Å². The summed E-state index contributed by atoms with van der Waals surface area (Å²) in [5, 5.41) is 12.8. The van der Waals surface area contributed by atoms with Gasteiger partial charge in [0.25, 0.3) is 0 Å². The maximum atomic E-state index is 11.9. The number of carbonyl (C=O) groups excluding carboxylic acids is 1. The minimum absolute atomic E-state index is 0.0384. The third kappa shape index (κ3) is 3.93. The van der Waals surface area contributed by atoms with Gasteiger partial charge in [0.05, 0.1) is 18.7 Å². The second kappa shape index (κ2) is 6.50. The summed E-state index contributed by atoms with van der Waals surface area (Å²) in [5.41, 5.74) is 5.84. The molecule has 0 aromatic rings. The number of aliphatic hydroxyl groups excluding tert-OH is 1. The van der Waals surface area contributed by atoms with Crippen LogP contribution >= 0.6 is 0 Å². The molecular formula is C13H25N3O2. The van der Waals surface area contributed by atoms with Crippen molar-refractivity contribution in [2.24, 2.45) is 5.73 Å². The summed E-state index contributed by atoms with van der Waals surface area (Å²) in [6, 6.07) is 0.253. The summed E-state index contributed by atoms with van der Waals surface area (Å²) in [4.78, 5) is 14.1. The SMILES string of the molecule is NC1CCN(CC(=O)N[C@@H]2CCCC[C@H]2O)CC1. The topological polar surface area (TPSA) is 78.6 Å². The number of aliphatic hydroxyl groups is 1. The Bertz CT molecular complexity index is 277. The fourth-order valence-corrected chi connectivity index (χ4v) is 2.85. The zero-order valence-corrected chi connectivity index (χ0v) is 11.0. The Morgan fingerprint density at radius 3 is 2.56 bits per heavy atom. The quantitative estimate of drug-likeness (QED) is 0.654. The van der Waals surface area contributed by atoms with Crippen LogP contribution in [0.1, 0.15) is 38.5 Å². The predicted octanol–water partition coefficient (Wildman–Crippen LogP) is -0.171. The Morgan fingerprint density at radius 2 is 1.89 bits per heavy atom. The molecule has 2 fully saturated rings. The smallest absolute Gasteiger partial charge is 0.234 e. The van der Waals surface area contributed by atoms with Gasteiger partial charge in [0.2, 0.25) is 5.91 Å². The van der Waals surface area contributed by atoms with E-state index >= 15 is 0 Å². The van der Waals surface area contributed by atoms with Crippen molar-refractivity contribution in [1.29, 1.82) is 0 Å². The molecule has 1 amide bonds. The highest BCUT2D eigenvalue weighted by atomic mass is 16.3. The molecule has 1 heterocycles. The van der Waals surface area contributed by atoms with E-state index in [1.54, 1.807) is 0 Å². The minimum atomic E-state index is -0.363. The maximum absolute atomic E-state index is 11.9. The highest BCUT2D eigenvalue weighted by Crippen LogP contribution is 2.18. The maximum Gasteiger partial charge on any atom is 0.234 e. The third-order valence-electron chi connectivity index (χ3n) is 4.08. The average molecular weight is 255 g/mol. The van der Waals surface area contributed by atoms with Gasteiger partial charge >= 0.3 is 0 Å². The van der Waals surface area contributed by atoms with E-state index in [0.717, 1.165) is 51.6 Å². The number of carbonyl (C=O) groups is 1. The summed E-state index contributed by atoms with van der Waals surface area (Å²) in [6.45, 7) is 2.25. The van der Waals surface area contributed by atoms with Crippen LogP contribution in [0.5, 0.6) is 0 Å². The van der Waals surface area contributed by atoms with E-state index in [1.165, 1.54) is 0 Å². The lowest BCUT2D eigenvalue weighted by molar-refractivity contribution is -0.124. The van der Waals surface area contributed by atoms with E-state index in [0.29, 0.717) is 12.6 Å². The van der Waals surface area contributed by atoms with E-state index < -0.39 is 0 Å². The molecule has 0 aromatic carbocycles. The minimum Gasteiger partial charge on any atom is -0.391 e. The second-order valence-corrected chi connectivity index (χ2v) is 5.64. The van der Waals surface area contributed by atoms with Crippen molar-refractivity contribution in [1.82, 2.24) is 10.2 Å². The summed E-state index contributed by atoms with van der Waals surface area (Å²) >= 11 is 0. The van der Waals surface area contributed by atoms with E-state index in [4.69, 9.17) is 5.73 Å². The van der Waals surface area contributed by atoms with Gasteiger partial charge in [-0.2, -0.15) is 0 Å². The number of hydrogen-bond donors (Lipinski definition) is 3. The lowest BCUT2D eigenvalue weighted by atomic mass is 9.92. The molecule has 0 spiro atoms. The fraction of sp³-hybridized carbons (Fsp3) is 0.923. The van der Waals surface area contributed by atoms with E-state index in [2.05, 4.69) is 10.2 Å². The molecule has 4 N–H and O–H groups in total. The Labute approximate surface area is 109 Å². The molecule has 1 aliphatic heterocycles. The van der Waals surface area contributed by atoms with Crippen LogP contribution in [0, 0.1) is 0 Å². The molecular weight excluding hydrogens is 230 g/mol. The number of hydrogen-bond acceptors (Lipinski definition) is 4. The van der Waals surface area contributed by atoms with Crippen LogP contribution in [-0.2, 0) is 4.79 Å². The summed E-state index contributed by atoms with van der Waals surface area (Å²) in [6.07, 6.45) is 5.45. The highest BCUT2D eigenvalue weighted by molar-refractivity contribution is 5.78. The number of rotatable bonds is 3. The van der Waals surface area contributed by atoms with Gasteiger partial charge in [-0.15, -0.1) is 0 Å². The normalized spacial score (nSPS) is 31.2. The van der Waals surface area contributed by atoms with Gasteiger partial charge in [0.15, 0.2) is 0 Å². The number of nitrogens with zero attached hydrogens (tertiary/aromatic N) is 1. The Balaban J connectivity index is 1.71. The van der Waals surface area contributed by atoms with Crippen molar-refractivity contribution >= 4 is 5.91 Å². The first-order valence-corrected chi connectivity index (χ1v) is 7.10. The molecule has 2 aliphatic rings. The zero-order chi connectivity index (χ0) is 13.0. The molecule has 0 bridgehead atoms. The molecule has 2 rings (SSSR count). The molecule has 1 saturated heterocycles. The van der Waals surface area contributed by atoms with E-state index in [-0.39, 0.29) is 18.1 Å². The second-order valence-electron chi connectivity index (χ2n) is 5.64. The molecule has 18 heavy (non-hydrogen) atoms. The average Bonchev–Trinajstić information content (AvgIpc) is 2.35. The lowest BCUT2D eigenvalue weighted by Crippen LogP contribution is -2.50. The molecule has 5 nitrogen and oxygen atoms in total. The van der Waals surface area contributed by atoms with Crippen molar-refractivity contribution in [2.75, 3.05) is 19.6 Å². The van der Waals surface area contributed by atoms with Crippen molar-refractivity contribution in [3.8, 4) is 0 Å². The molecule has 0 aromatic heterocycles. The van der Waals surface area contributed by atoms with Gasteiger partial charge in [0.1, 0.15) is 0 Å². The van der Waals surface area contributed by atoms with Crippen LogP contribution in [0.4, 0.5) is 0 Å². The standard InChI is InChI=1S/C13H25N3O2/c14-10-5-7-16(8-6-10)9-13(18)15-11-3-1-2-4-12(11)17/h10-12,17H,1-9,14H2,(H,15,18)/t11-,12-/m1/s1. The van der Waals surface area contributed by atoms with Crippen LogP contribution in [0.25, 0.3) is 0 Å². The van der Waals surface area contributed by atoms with Crippen molar-refractivity contribution < 1.29 is 9.90 Å². The first-order valence-electron chi connectivity index (χ1n) is 7.10. The van der Waals surface area contributed by atoms with Gasteiger partial charge in [0, 0.05) is 19.1 Å². The Hall–Kier alpha value is -0.650. The molecule has 0 radical (unpaired) electrons. The van der Waals surface area contributed by atoms with Gasteiger partial charge < -0.3 is 16.2 Å². The van der Waals surface area contributed by atoms with Crippen LogP contribution in [0.2, 0.25) is 0 Å². The van der Waals surface area contributed by atoms with Crippen molar-refractivity contribution in [3.63, 3.8) is 0 Å². The number of nitrogens with one attached hydrogen (secondary N) is 1. The van der Waals surface area contributed by atoms with Crippen LogP contribution in [0.15, 0.2) is 0 Å². The van der Waals surface area contributed by atoms with Crippen LogP contribution < -0.4 is 11.1 Å². The largest absolute Gasteiger partial charge is 0.391 e. The number of nitrogens with two attached hydrogens (primary N) is 1. The number of piperidine rings is 1. The zero-order valence-electron chi connectivity index (χ0n) is 11.0. The number of amides is 1. The highest BCUT2D eigenvalue weighted by Gasteiger charge is 2.25. The fourth-order valence-electron chi connectivity index (χ4n) is 2.85. The van der Waals surface area contributed by atoms with Crippen LogP contribution in [-0.4, -0.2) is 53.7 Å². The van der Waals surface area contributed by atoms with Gasteiger partial charge in [-0.1, -0.05) is 12.8 Å². The van der Waals surface area contributed by atoms with E-state index in [1.807, 2.05) is 0 Å². The Morgan fingerprint density at radius 1 is 1.22 bits per heavy atom. The molecule has 104 valence electrons. The predicted molar refractivity (Wildman–Crippen MR) is 70.1 cm³/mol. The summed E-state index contributed by atoms with van der Waals surface area (Å²) in [7, 11) is 0. The lowest BCUT2D eigenvalue weighted by Gasteiger charge is -2.32. The molecule has 2 atom stereocenters. The van der Waals surface area contributed by atoms with E-state index in [9.17, 15) is 9.90 Å². The van der Waals surface area contributed by atoms with Gasteiger partial charge in [-0.25, -0.2) is 0 Å². The third-order valence-corrected chi connectivity index (χ3v) is 4.08. The number of likely N-dealkylation sites (tertiary alicyclic amines) is 1. The summed E-state index contributed by atoms with van der Waals surface area (Å²) in [5.74, 6) is 0.0384. The monoisotopic (exact) mass is 255 g/mol. The molecule has 5 heteroatoms. The first kappa shape index (κ1) is 13.8. The van der Waals surface area contributed by atoms with Crippen LogP contribution in [0.3, 0.4) is 0 Å². The molecule has 1 saturated carbocycles. The molecule has 1 aliphatic carbocycles. The Kier molecular flexibility index (Phi) is 4.97. The molecule has 0 unspecified atom stereocenters. The van der Waals surface area contributed by atoms with Gasteiger partial charge in [-0.3, -0.25) is 9.69 Å². The summed E-state index contributed by atoms with van der Waals surface area (Å²) < 4.78 is 0. The van der Waals surface area contributed by atoms with Crippen molar-refractivity contribution in [2.45, 2.75) is 56.7 Å².